The van der Waals surface area contributed by atoms with Gasteiger partial charge in [-0.15, -0.1) is 0 Å². The third kappa shape index (κ3) is 2.51. The van der Waals surface area contributed by atoms with E-state index < -0.39 is 0 Å². The zero-order chi connectivity index (χ0) is 13.2. The molecule has 19 heavy (non-hydrogen) atoms. The Hall–Kier alpha value is -2.14. The lowest BCUT2D eigenvalue weighted by Crippen LogP contribution is -2.47. The van der Waals surface area contributed by atoms with Gasteiger partial charge in [-0.1, -0.05) is 18.2 Å². The normalized spacial score (nSPS) is 16.5. The average molecular weight is 256 g/mol. The molecule has 0 saturated carbocycles. The van der Waals surface area contributed by atoms with E-state index in [0.717, 1.165) is 23.0 Å². The van der Waals surface area contributed by atoms with Gasteiger partial charge < -0.3 is 11.1 Å². The van der Waals surface area contributed by atoms with Crippen LogP contribution < -0.4 is 11.1 Å². The van der Waals surface area contributed by atoms with Crippen molar-refractivity contribution in [2.24, 2.45) is 0 Å². The predicted molar refractivity (Wildman–Crippen MR) is 74.4 cm³/mol. The molecule has 0 atom stereocenters. The quantitative estimate of drug-likeness (QED) is 0.831. The number of nitrogens with zero attached hydrogens (tertiary/aromatic N) is 2. The molecule has 0 spiro atoms. The van der Waals surface area contributed by atoms with Crippen molar-refractivity contribution in [3.8, 4) is 0 Å². The minimum Gasteiger partial charge on any atom is -0.383 e. The zero-order valence-electron chi connectivity index (χ0n) is 10.6. The van der Waals surface area contributed by atoms with Crippen molar-refractivity contribution in [3.05, 3.63) is 35.9 Å². The number of rotatable bonds is 2. The second-order valence-corrected chi connectivity index (χ2v) is 4.79. The third-order valence-corrected chi connectivity index (χ3v) is 3.35. The molecule has 2 heterocycles. The summed E-state index contributed by atoms with van der Waals surface area (Å²) in [6.45, 7) is 2.63. The van der Waals surface area contributed by atoms with Gasteiger partial charge in [0.1, 0.15) is 5.82 Å². The van der Waals surface area contributed by atoms with Gasteiger partial charge in [0.2, 0.25) is 5.91 Å². The molecule has 5 heteroatoms. The fourth-order valence-corrected chi connectivity index (χ4v) is 2.37. The van der Waals surface area contributed by atoms with Gasteiger partial charge in [-0.25, -0.2) is 4.98 Å². The lowest BCUT2D eigenvalue weighted by atomic mass is 10.1. The van der Waals surface area contributed by atoms with Crippen LogP contribution in [0.4, 0.5) is 5.82 Å². The second kappa shape index (κ2) is 4.85. The van der Waals surface area contributed by atoms with Crippen molar-refractivity contribution < 1.29 is 4.79 Å². The highest BCUT2D eigenvalue weighted by Gasteiger charge is 2.17. The number of piperazine rings is 1. The molecule has 0 unspecified atom stereocenters. The summed E-state index contributed by atoms with van der Waals surface area (Å²) in [5.41, 5.74) is 7.88. The highest BCUT2D eigenvalue weighted by atomic mass is 16.2. The standard InChI is InChI=1S/C14H16N4O/c15-14-11(8-18-6-5-16-13(19)9-18)7-10-3-1-2-4-12(10)17-14/h1-4,7H,5-6,8-9H2,(H2,15,17)(H,16,19). The molecule has 0 aliphatic carbocycles. The number of carbonyl (C=O) groups excluding carboxylic acids is 1. The lowest BCUT2D eigenvalue weighted by molar-refractivity contribution is -0.124. The smallest absolute Gasteiger partial charge is 0.234 e. The molecular formula is C14H16N4O. The number of pyridine rings is 1. The number of amides is 1. The van der Waals surface area contributed by atoms with Gasteiger partial charge in [0, 0.05) is 30.6 Å². The van der Waals surface area contributed by atoms with Crippen molar-refractivity contribution in [2.45, 2.75) is 6.54 Å². The largest absolute Gasteiger partial charge is 0.383 e. The molecule has 1 aromatic heterocycles. The molecular weight excluding hydrogens is 240 g/mol. The molecule has 3 N–H and O–H groups in total. The Morgan fingerprint density at radius 2 is 2.21 bits per heavy atom. The van der Waals surface area contributed by atoms with Crippen LogP contribution in [0.2, 0.25) is 0 Å². The first-order valence-corrected chi connectivity index (χ1v) is 6.35. The van der Waals surface area contributed by atoms with E-state index in [1.54, 1.807) is 0 Å². The topological polar surface area (TPSA) is 71.2 Å². The summed E-state index contributed by atoms with van der Waals surface area (Å²) in [5, 5.41) is 3.89. The molecule has 1 aliphatic rings. The van der Waals surface area contributed by atoms with Crippen molar-refractivity contribution in [3.63, 3.8) is 0 Å². The monoisotopic (exact) mass is 256 g/mol. The Labute approximate surface area is 111 Å². The summed E-state index contributed by atoms with van der Waals surface area (Å²) >= 11 is 0. The van der Waals surface area contributed by atoms with Crippen molar-refractivity contribution in [2.75, 3.05) is 25.4 Å². The fraction of sp³-hybridized carbons (Fsp3) is 0.286. The van der Waals surface area contributed by atoms with Gasteiger partial charge in [-0.2, -0.15) is 0 Å². The van der Waals surface area contributed by atoms with Crippen LogP contribution in [0, 0.1) is 0 Å². The molecule has 5 nitrogen and oxygen atoms in total. The van der Waals surface area contributed by atoms with E-state index in [2.05, 4.69) is 21.3 Å². The molecule has 1 aliphatic heterocycles. The van der Waals surface area contributed by atoms with Crippen LogP contribution in [0.15, 0.2) is 30.3 Å². The Bertz CT molecular complexity index is 626. The summed E-state index contributed by atoms with van der Waals surface area (Å²) in [4.78, 5) is 17.9. The minimum atomic E-state index is 0.0681. The molecule has 3 rings (SSSR count). The Morgan fingerprint density at radius 3 is 3.05 bits per heavy atom. The van der Waals surface area contributed by atoms with Gasteiger partial charge in [-0.05, 0) is 12.1 Å². The number of nitrogen functional groups attached to an aromatic ring is 1. The van der Waals surface area contributed by atoms with E-state index in [1.807, 2.05) is 24.3 Å². The number of fused-ring (bicyclic) bond motifs is 1. The Kier molecular flexibility index (Phi) is 3.05. The number of benzene rings is 1. The first kappa shape index (κ1) is 11.9. The summed E-state index contributed by atoms with van der Waals surface area (Å²) < 4.78 is 0. The third-order valence-electron chi connectivity index (χ3n) is 3.35. The summed E-state index contributed by atoms with van der Waals surface area (Å²) in [6.07, 6.45) is 0. The van der Waals surface area contributed by atoms with Crippen molar-refractivity contribution >= 4 is 22.6 Å². The number of anilines is 1. The summed E-state index contributed by atoms with van der Waals surface area (Å²) in [7, 11) is 0. The number of carbonyl (C=O) groups is 1. The van der Waals surface area contributed by atoms with Crippen LogP contribution in [0.25, 0.3) is 10.9 Å². The van der Waals surface area contributed by atoms with Crippen LogP contribution in [-0.2, 0) is 11.3 Å². The van der Waals surface area contributed by atoms with Gasteiger partial charge >= 0.3 is 0 Å². The number of para-hydroxylation sites is 1. The van der Waals surface area contributed by atoms with Gasteiger partial charge in [0.25, 0.3) is 0 Å². The van der Waals surface area contributed by atoms with E-state index in [9.17, 15) is 4.79 Å². The maximum absolute atomic E-state index is 11.4. The number of hydrogen-bond donors (Lipinski definition) is 2. The molecule has 1 amide bonds. The van der Waals surface area contributed by atoms with Crippen LogP contribution in [0.3, 0.4) is 0 Å². The molecule has 1 saturated heterocycles. The maximum atomic E-state index is 11.4. The SMILES string of the molecule is Nc1nc2ccccc2cc1CN1CCNC(=O)C1. The number of aromatic nitrogens is 1. The van der Waals surface area contributed by atoms with Gasteiger partial charge in [0.05, 0.1) is 12.1 Å². The molecule has 0 radical (unpaired) electrons. The molecule has 1 aromatic carbocycles. The number of hydrogen-bond acceptors (Lipinski definition) is 4. The van der Waals surface area contributed by atoms with Crippen molar-refractivity contribution in [1.82, 2.24) is 15.2 Å². The highest BCUT2D eigenvalue weighted by molar-refractivity contribution is 5.81. The highest BCUT2D eigenvalue weighted by Crippen LogP contribution is 2.19. The van der Waals surface area contributed by atoms with E-state index in [0.29, 0.717) is 25.5 Å². The first-order chi connectivity index (χ1) is 9.22. The van der Waals surface area contributed by atoms with Crippen LogP contribution in [0.1, 0.15) is 5.56 Å². The average Bonchev–Trinajstić information content (AvgIpc) is 2.40. The molecule has 2 aromatic rings. The van der Waals surface area contributed by atoms with E-state index in [1.165, 1.54) is 0 Å². The van der Waals surface area contributed by atoms with E-state index in [4.69, 9.17) is 5.73 Å². The number of nitrogens with one attached hydrogen (secondary N) is 1. The van der Waals surface area contributed by atoms with E-state index >= 15 is 0 Å². The Balaban J connectivity index is 1.87. The van der Waals surface area contributed by atoms with E-state index in [-0.39, 0.29) is 5.91 Å². The second-order valence-electron chi connectivity index (χ2n) is 4.79. The predicted octanol–water partition coefficient (Wildman–Crippen LogP) is 0.749. The molecule has 98 valence electrons. The number of nitrogens with two attached hydrogens (primary N) is 1. The molecule has 0 bridgehead atoms. The van der Waals surface area contributed by atoms with Gasteiger partial charge in [0.15, 0.2) is 0 Å². The molecule has 1 fully saturated rings. The summed E-state index contributed by atoms with van der Waals surface area (Å²) in [6, 6.07) is 9.96. The van der Waals surface area contributed by atoms with Crippen LogP contribution in [-0.4, -0.2) is 35.4 Å². The zero-order valence-corrected chi connectivity index (χ0v) is 10.6. The van der Waals surface area contributed by atoms with Crippen LogP contribution >= 0.6 is 0 Å². The van der Waals surface area contributed by atoms with Crippen LogP contribution in [0.5, 0.6) is 0 Å². The fourth-order valence-electron chi connectivity index (χ4n) is 2.37. The van der Waals surface area contributed by atoms with Gasteiger partial charge in [-0.3, -0.25) is 9.69 Å². The Morgan fingerprint density at radius 1 is 1.37 bits per heavy atom. The van der Waals surface area contributed by atoms with Crippen molar-refractivity contribution in [1.29, 1.82) is 0 Å². The maximum Gasteiger partial charge on any atom is 0.234 e. The summed E-state index contributed by atoms with van der Waals surface area (Å²) in [5.74, 6) is 0.614. The lowest BCUT2D eigenvalue weighted by Gasteiger charge is -2.26. The first-order valence-electron chi connectivity index (χ1n) is 6.35. The minimum absolute atomic E-state index is 0.0681.